The molecule has 2 atom stereocenters. The molecule has 2 rings (SSSR count). The molecule has 0 amide bonds. The Balaban J connectivity index is 2.21. The summed E-state index contributed by atoms with van der Waals surface area (Å²) in [6.45, 7) is 2.29. The van der Waals surface area contributed by atoms with Crippen molar-refractivity contribution in [3.8, 4) is 0 Å². The van der Waals surface area contributed by atoms with Crippen molar-refractivity contribution in [3.05, 3.63) is 33.9 Å². The number of hydrogen-bond acceptors (Lipinski definition) is 3. The maximum Gasteiger partial charge on any atom is 0.273 e. The van der Waals surface area contributed by atoms with E-state index in [2.05, 4.69) is 18.9 Å². The van der Waals surface area contributed by atoms with Crippen LogP contribution in [0.4, 0.5) is 11.4 Å². The van der Waals surface area contributed by atoms with Gasteiger partial charge in [0, 0.05) is 30.4 Å². The van der Waals surface area contributed by atoms with Gasteiger partial charge in [0.2, 0.25) is 0 Å². The third kappa shape index (κ3) is 3.23. The molecule has 0 heterocycles. The van der Waals surface area contributed by atoms with Crippen LogP contribution in [-0.2, 0) is 5.88 Å². The molecule has 20 heavy (non-hydrogen) atoms. The Hall–Kier alpha value is -1.29. The van der Waals surface area contributed by atoms with E-state index in [1.165, 1.54) is 25.7 Å². The molecular weight excluding hydrogens is 276 g/mol. The monoisotopic (exact) mass is 296 g/mol. The largest absolute Gasteiger partial charge is 0.372 e. The molecule has 0 radical (unpaired) electrons. The molecule has 110 valence electrons. The van der Waals surface area contributed by atoms with Crippen LogP contribution in [0.15, 0.2) is 18.2 Å². The molecular formula is C15H21ClN2O2. The average Bonchev–Trinajstić information content (AvgIpc) is 2.45. The molecule has 0 aliphatic heterocycles. The lowest BCUT2D eigenvalue weighted by Gasteiger charge is -2.35. The van der Waals surface area contributed by atoms with Gasteiger partial charge in [0.25, 0.3) is 5.69 Å². The van der Waals surface area contributed by atoms with Gasteiger partial charge >= 0.3 is 0 Å². The van der Waals surface area contributed by atoms with Crippen LogP contribution in [0, 0.1) is 16.0 Å². The predicted molar refractivity (Wildman–Crippen MR) is 82.5 cm³/mol. The first kappa shape index (κ1) is 15.1. The van der Waals surface area contributed by atoms with E-state index in [0.29, 0.717) is 11.6 Å². The standard InChI is InChI=1S/C15H21ClN2O2/c1-11-4-3-5-13(8-11)17(2)14-6-7-15(18(19)20)12(9-14)10-16/h6-7,9,11,13H,3-5,8,10H2,1-2H3. The lowest BCUT2D eigenvalue weighted by molar-refractivity contribution is -0.385. The highest BCUT2D eigenvalue weighted by molar-refractivity contribution is 6.17. The number of anilines is 1. The molecule has 1 aromatic rings. The van der Waals surface area contributed by atoms with Crippen molar-refractivity contribution < 1.29 is 4.92 Å². The first-order chi connectivity index (χ1) is 9.52. The van der Waals surface area contributed by atoms with E-state index in [4.69, 9.17) is 11.6 Å². The van der Waals surface area contributed by atoms with Crippen molar-refractivity contribution >= 4 is 23.0 Å². The molecule has 2 unspecified atom stereocenters. The predicted octanol–water partition coefficient (Wildman–Crippen LogP) is 4.35. The number of rotatable bonds is 4. The summed E-state index contributed by atoms with van der Waals surface area (Å²) in [5.74, 6) is 0.917. The fourth-order valence-corrected chi connectivity index (χ4v) is 3.26. The minimum absolute atomic E-state index is 0.106. The van der Waals surface area contributed by atoms with Crippen molar-refractivity contribution in [1.29, 1.82) is 0 Å². The van der Waals surface area contributed by atoms with Crippen molar-refractivity contribution in [2.24, 2.45) is 5.92 Å². The molecule has 1 aliphatic rings. The molecule has 0 spiro atoms. The van der Waals surface area contributed by atoms with Gasteiger partial charge < -0.3 is 4.90 Å². The quantitative estimate of drug-likeness (QED) is 0.471. The lowest BCUT2D eigenvalue weighted by Crippen LogP contribution is -2.35. The summed E-state index contributed by atoms with van der Waals surface area (Å²) in [4.78, 5) is 12.8. The van der Waals surface area contributed by atoms with Crippen LogP contribution in [0.3, 0.4) is 0 Å². The minimum Gasteiger partial charge on any atom is -0.372 e. The highest BCUT2D eigenvalue weighted by Gasteiger charge is 2.23. The first-order valence-corrected chi connectivity index (χ1v) is 7.62. The van der Waals surface area contributed by atoms with E-state index in [1.54, 1.807) is 6.07 Å². The highest BCUT2D eigenvalue weighted by atomic mass is 35.5. The fourth-order valence-electron chi connectivity index (χ4n) is 3.04. The normalized spacial score (nSPS) is 22.6. The molecule has 1 aliphatic carbocycles. The number of alkyl halides is 1. The molecule has 0 N–H and O–H groups in total. The second kappa shape index (κ2) is 6.44. The van der Waals surface area contributed by atoms with E-state index < -0.39 is 0 Å². The van der Waals surface area contributed by atoms with Crippen LogP contribution in [-0.4, -0.2) is 18.0 Å². The van der Waals surface area contributed by atoms with Gasteiger partial charge in [0.05, 0.1) is 10.8 Å². The molecule has 1 fully saturated rings. The van der Waals surface area contributed by atoms with E-state index in [9.17, 15) is 10.1 Å². The van der Waals surface area contributed by atoms with E-state index in [1.807, 2.05) is 12.1 Å². The SMILES string of the molecule is CC1CCCC(N(C)c2ccc([N+](=O)[O-])c(CCl)c2)C1. The van der Waals surface area contributed by atoms with Crippen LogP contribution in [0.1, 0.15) is 38.2 Å². The second-order valence-corrected chi connectivity index (χ2v) is 6.01. The van der Waals surface area contributed by atoms with Gasteiger partial charge in [-0.3, -0.25) is 10.1 Å². The highest BCUT2D eigenvalue weighted by Crippen LogP contribution is 2.32. The third-order valence-electron chi connectivity index (χ3n) is 4.27. The fraction of sp³-hybridized carbons (Fsp3) is 0.600. The van der Waals surface area contributed by atoms with Gasteiger partial charge in [0.1, 0.15) is 0 Å². The Morgan fingerprint density at radius 3 is 2.80 bits per heavy atom. The molecule has 4 nitrogen and oxygen atoms in total. The minimum atomic E-state index is -0.371. The number of benzene rings is 1. The third-order valence-corrected chi connectivity index (χ3v) is 4.56. The summed E-state index contributed by atoms with van der Waals surface area (Å²) in [5, 5.41) is 10.9. The molecule has 1 aromatic carbocycles. The number of nitrogens with zero attached hydrogens (tertiary/aromatic N) is 2. The molecule has 0 bridgehead atoms. The van der Waals surface area contributed by atoms with Crippen molar-refractivity contribution in [2.75, 3.05) is 11.9 Å². The summed E-state index contributed by atoms with van der Waals surface area (Å²) in [5.41, 5.74) is 1.71. The smallest absolute Gasteiger partial charge is 0.273 e. The maximum absolute atomic E-state index is 10.9. The maximum atomic E-state index is 10.9. The summed E-state index contributed by atoms with van der Waals surface area (Å²) in [6, 6.07) is 5.76. The van der Waals surface area contributed by atoms with Gasteiger partial charge in [0.15, 0.2) is 0 Å². The Morgan fingerprint density at radius 1 is 1.45 bits per heavy atom. The van der Waals surface area contributed by atoms with Gasteiger partial charge in [-0.15, -0.1) is 11.6 Å². The Labute approximate surface area is 124 Å². The van der Waals surface area contributed by atoms with Crippen molar-refractivity contribution in [1.82, 2.24) is 0 Å². The van der Waals surface area contributed by atoms with Gasteiger partial charge in [-0.1, -0.05) is 19.8 Å². The lowest BCUT2D eigenvalue weighted by atomic mass is 9.86. The van der Waals surface area contributed by atoms with Crippen LogP contribution >= 0.6 is 11.6 Å². The summed E-state index contributed by atoms with van der Waals surface area (Å²) in [6.07, 6.45) is 4.93. The Kier molecular flexibility index (Phi) is 4.86. The van der Waals surface area contributed by atoms with Crippen molar-refractivity contribution in [2.45, 2.75) is 44.5 Å². The van der Waals surface area contributed by atoms with Crippen LogP contribution in [0.2, 0.25) is 0 Å². The van der Waals surface area contributed by atoms with E-state index >= 15 is 0 Å². The Morgan fingerprint density at radius 2 is 2.20 bits per heavy atom. The molecule has 1 saturated carbocycles. The number of hydrogen-bond donors (Lipinski definition) is 0. The first-order valence-electron chi connectivity index (χ1n) is 7.09. The summed E-state index contributed by atoms with van der Waals surface area (Å²) in [7, 11) is 2.07. The van der Waals surface area contributed by atoms with E-state index in [0.717, 1.165) is 11.6 Å². The zero-order valence-corrected chi connectivity index (χ0v) is 12.8. The van der Waals surface area contributed by atoms with Gasteiger partial charge in [-0.25, -0.2) is 0 Å². The second-order valence-electron chi connectivity index (χ2n) is 5.74. The average molecular weight is 297 g/mol. The number of halogens is 1. The molecule has 0 aromatic heterocycles. The zero-order valence-electron chi connectivity index (χ0n) is 12.0. The zero-order chi connectivity index (χ0) is 14.7. The number of nitro benzene ring substituents is 1. The molecule has 0 saturated heterocycles. The van der Waals surface area contributed by atoms with Gasteiger partial charge in [-0.2, -0.15) is 0 Å². The summed E-state index contributed by atoms with van der Waals surface area (Å²) >= 11 is 5.84. The van der Waals surface area contributed by atoms with Crippen LogP contribution in [0.5, 0.6) is 0 Å². The Bertz CT molecular complexity index is 493. The summed E-state index contributed by atoms with van der Waals surface area (Å²) < 4.78 is 0. The van der Waals surface area contributed by atoms with E-state index in [-0.39, 0.29) is 16.5 Å². The van der Waals surface area contributed by atoms with Crippen LogP contribution < -0.4 is 4.90 Å². The van der Waals surface area contributed by atoms with Crippen LogP contribution in [0.25, 0.3) is 0 Å². The topological polar surface area (TPSA) is 46.4 Å². The van der Waals surface area contributed by atoms with Crippen molar-refractivity contribution in [3.63, 3.8) is 0 Å². The van der Waals surface area contributed by atoms with Gasteiger partial charge in [-0.05, 0) is 30.9 Å². The molecule has 5 heteroatoms. The number of nitro groups is 1.